The predicted molar refractivity (Wildman–Crippen MR) is 111 cm³/mol. The van der Waals surface area contributed by atoms with Gasteiger partial charge in [0.05, 0.1) is 26.9 Å². The highest BCUT2D eigenvalue weighted by atomic mass is 19.4. The minimum absolute atomic E-state index is 0.212. The summed E-state index contributed by atoms with van der Waals surface area (Å²) in [6.07, 6.45) is -5.24. The fourth-order valence-electron chi connectivity index (χ4n) is 2.85. The molecule has 12 heteroatoms. The molecule has 0 aliphatic carbocycles. The maximum absolute atomic E-state index is 12.7. The molecule has 3 aromatic carbocycles. The average molecular weight is 508 g/mol. The van der Waals surface area contributed by atoms with Crippen LogP contribution in [-0.4, -0.2) is 27.7 Å². The maximum atomic E-state index is 12.7. The third-order valence-corrected chi connectivity index (χ3v) is 4.39. The van der Waals surface area contributed by atoms with Crippen LogP contribution in [-0.2, 0) is 6.67 Å². The molecule has 0 saturated carbocycles. The summed E-state index contributed by atoms with van der Waals surface area (Å²) in [5, 5.41) is 0. The highest BCUT2D eigenvalue weighted by Crippen LogP contribution is 2.41. The van der Waals surface area contributed by atoms with Crippen molar-refractivity contribution in [1.82, 2.24) is 0 Å². The second kappa shape index (κ2) is 12.0. The van der Waals surface area contributed by atoms with E-state index in [4.69, 9.17) is 14.2 Å². The third-order valence-electron chi connectivity index (χ3n) is 4.39. The second-order valence-corrected chi connectivity index (χ2v) is 6.58. The molecule has 0 heterocycles. The van der Waals surface area contributed by atoms with E-state index in [0.717, 1.165) is 11.1 Å². The standard InChI is InChI=1S/C16H17FO3.C7H2F6O2/c1-18-13-8-14(19-2)16(15(9-13)20-3)12-6-4-11(10-17)5-7-12;8-4-1-3(15-13)2-5(9)6(4)14-7(10,11)12/h4-9H,10H2,1-3H3;1-2H. The zero-order chi connectivity index (χ0) is 26.2. The lowest BCUT2D eigenvalue weighted by Gasteiger charge is -2.15. The molecular formula is C23H19F7O5. The van der Waals surface area contributed by atoms with Crippen molar-refractivity contribution in [1.29, 1.82) is 0 Å². The van der Waals surface area contributed by atoms with E-state index in [0.29, 0.717) is 22.8 Å². The fraction of sp³-hybridized carbons (Fsp3) is 0.217. The zero-order valence-electron chi connectivity index (χ0n) is 18.5. The van der Waals surface area contributed by atoms with Crippen LogP contribution in [0.1, 0.15) is 5.56 Å². The molecule has 0 radical (unpaired) electrons. The molecule has 0 atom stereocenters. The first-order valence-corrected chi connectivity index (χ1v) is 9.55. The quantitative estimate of drug-likeness (QED) is 0.323. The topological polar surface area (TPSA) is 46.2 Å². The van der Waals surface area contributed by atoms with E-state index in [9.17, 15) is 30.9 Å². The van der Waals surface area contributed by atoms with Crippen LogP contribution in [0.5, 0.6) is 28.7 Å². The zero-order valence-corrected chi connectivity index (χ0v) is 18.5. The van der Waals surface area contributed by atoms with Gasteiger partial charge in [-0.15, -0.1) is 13.2 Å². The molecule has 0 aliphatic rings. The normalized spacial score (nSPS) is 10.7. The molecule has 0 aliphatic heterocycles. The molecule has 3 aromatic rings. The monoisotopic (exact) mass is 508 g/mol. The Morgan fingerprint density at radius 1 is 0.743 bits per heavy atom. The lowest BCUT2D eigenvalue weighted by molar-refractivity contribution is -0.276. The Kier molecular flexibility index (Phi) is 9.43. The second-order valence-electron chi connectivity index (χ2n) is 6.58. The molecule has 0 unspecified atom stereocenters. The molecule has 3 rings (SSSR count). The number of hydrogen-bond donors (Lipinski definition) is 0. The molecule has 0 amide bonds. The van der Waals surface area contributed by atoms with E-state index in [1.54, 1.807) is 45.6 Å². The van der Waals surface area contributed by atoms with E-state index in [-0.39, 0.29) is 12.1 Å². The Labute approximate surface area is 195 Å². The van der Waals surface area contributed by atoms with Crippen molar-refractivity contribution >= 4 is 0 Å². The van der Waals surface area contributed by atoms with Gasteiger partial charge in [0.2, 0.25) is 5.75 Å². The first-order valence-electron chi connectivity index (χ1n) is 9.55. The number of alkyl halides is 4. The van der Waals surface area contributed by atoms with Crippen molar-refractivity contribution in [2.24, 2.45) is 0 Å². The van der Waals surface area contributed by atoms with Crippen LogP contribution in [0.3, 0.4) is 0 Å². The molecule has 5 nitrogen and oxygen atoms in total. The number of hydrogen-bond acceptors (Lipinski definition) is 5. The Morgan fingerprint density at radius 2 is 1.26 bits per heavy atom. The average Bonchev–Trinajstić information content (AvgIpc) is 2.85. The van der Waals surface area contributed by atoms with E-state index in [2.05, 4.69) is 9.68 Å². The molecule has 0 spiro atoms. The van der Waals surface area contributed by atoms with Gasteiger partial charge in [-0.2, -0.15) is 0 Å². The number of methoxy groups -OCH3 is 3. The predicted octanol–water partition coefficient (Wildman–Crippen LogP) is 6.98. The summed E-state index contributed by atoms with van der Waals surface area (Å²) >= 11 is 0. The number of benzene rings is 3. The van der Waals surface area contributed by atoms with Crippen molar-refractivity contribution in [3.05, 3.63) is 65.7 Å². The lowest BCUT2D eigenvalue weighted by atomic mass is 10.0. The Hall–Kier alpha value is -3.83. The van der Waals surface area contributed by atoms with Gasteiger partial charge in [0.15, 0.2) is 17.4 Å². The van der Waals surface area contributed by atoms with Crippen molar-refractivity contribution < 1.29 is 54.8 Å². The van der Waals surface area contributed by atoms with Gasteiger partial charge in [0.1, 0.15) is 23.9 Å². The maximum Gasteiger partial charge on any atom is 0.573 e. The fourth-order valence-corrected chi connectivity index (χ4v) is 2.85. The lowest BCUT2D eigenvalue weighted by Crippen LogP contribution is -2.18. The van der Waals surface area contributed by atoms with Gasteiger partial charge in [-0.1, -0.05) is 24.3 Å². The van der Waals surface area contributed by atoms with Gasteiger partial charge in [-0.3, -0.25) is 4.94 Å². The first kappa shape index (κ1) is 27.4. The molecule has 0 N–H and O–H groups in total. The Balaban J connectivity index is 0.000000258. The van der Waals surface area contributed by atoms with Gasteiger partial charge in [-0.05, 0) is 11.1 Å². The molecule has 0 aromatic heterocycles. The number of rotatable bonds is 7. The van der Waals surface area contributed by atoms with Crippen molar-refractivity contribution in [3.63, 3.8) is 0 Å². The molecule has 190 valence electrons. The molecule has 0 bridgehead atoms. The van der Waals surface area contributed by atoms with Crippen LogP contribution < -0.4 is 23.9 Å². The SMILES string of the molecule is COc1cc(OC)c(-c2ccc(CF)cc2)c(OC)c1.FOc1cc(F)c(OC(F)(F)F)c(F)c1. The first-order chi connectivity index (χ1) is 16.6. The highest BCUT2D eigenvalue weighted by Gasteiger charge is 2.34. The smallest absolute Gasteiger partial charge is 0.496 e. The van der Waals surface area contributed by atoms with Crippen molar-refractivity contribution in [2.75, 3.05) is 21.3 Å². The summed E-state index contributed by atoms with van der Waals surface area (Å²) in [5.41, 5.74) is 2.36. The summed E-state index contributed by atoms with van der Waals surface area (Å²) in [6, 6.07) is 11.2. The number of halogens is 7. The summed E-state index contributed by atoms with van der Waals surface area (Å²) in [4.78, 5) is 2.94. The van der Waals surface area contributed by atoms with Gasteiger partial charge >= 0.3 is 6.36 Å². The largest absolute Gasteiger partial charge is 0.573 e. The highest BCUT2D eigenvalue weighted by molar-refractivity contribution is 5.78. The Morgan fingerprint density at radius 3 is 1.63 bits per heavy atom. The van der Waals surface area contributed by atoms with Crippen molar-refractivity contribution in [2.45, 2.75) is 13.0 Å². The van der Waals surface area contributed by atoms with Gasteiger partial charge < -0.3 is 18.9 Å². The van der Waals surface area contributed by atoms with Crippen LogP contribution in [0.15, 0.2) is 48.5 Å². The van der Waals surface area contributed by atoms with E-state index in [1.807, 2.05) is 12.1 Å². The summed E-state index contributed by atoms with van der Waals surface area (Å²) in [7, 11) is 4.77. The van der Waals surface area contributed by atoms with E-state index in [1.165, 1.54) is 0 Å². The van der Waals surface area contributed by atoms with Gasteiger partial charge in [0.25, 0.3) is 0 Å². The third kappa shape index (κ3) is 7.33. The minimum atomic E-state index is -5.24. The van der Waals surface area contributed by atoms with Crippen LogP contribution in [0, 0.1) is 11.6 Å². The summed E-state index contributed by atoms with van der Waals surface area (Å²) in [6.45, 7) is -0.475. The van der Waals surface area contributed by atoms with Crippen molar-refractivity contribution in [3.8, 4) is 39.9 Å². The van der Waals surface area contributed by atoms with E-state index < -0.39 is 36.2 Å². The molecule has 0 fully saturated rings. The van der Waals surface area contributed by atoms with Crippen LogP contribution in [0.2, 0.25) is 0 Å². The minimum Gasteiger partial charge on any atom is -0.496 e. The molecule has 0 saturated heterocycles. The Bertz CT molecular complexity index is 1070. The summed E-state index contributed by atoms with van der Waals surface area (Å²) in [5.74, 6) is -4.06. The molecular weight excluding hydrogens is 489 g/mol. The van der Waals surface area contributed by atoms with Crippen LogP contribution in [0.25, 0.3) is 11.1 Å². The van der Waals surface area contributed by atoms with Gasteiger partial charge in [0, 0.05) is 28.8 Å². The summed E-state index contributed by atoms with van der Waals surface area (Å²) < 4.78 is 103. The van der Waals surface area contributed by atoms with E-state index >= 15 is 0 Å². The van der Waals surface area contributed by atoms with Crippen LogP contribution in [0.4, 0.5) is 30.9 Å². The molecule has 35 heavy (non-hydrogen) atoms. The van der Waals surface area contributed by atoms with Crippen LogP contribution >= 0.6 is 0 Å². The van der Waals surface area contributed by atoms with Gasteiger partial charge in [-0.25, -0.2) is 13.2 Å². The number of ether oxygens (including phenoxy) is 4.